The van der Waals surface area contributed by atoms with Gasteiger partial charge in [0.15, 0.2) is 5.13 Å². The molecule has 0 saturated heterocycles. The molecule has 2 aromatic heterocycles. The Balaban J connectivity index is 1.98. The second kappa shape index (κ2) is 4.48. The predicted molar refractivity (Wildman–Crippen MR) is 79.2 cm³/mol. The summed E-state index contributed by atoms with van der Waals surface area (Å²) in [5.41, 5.74) is 7.03. The SMILES string of the molecule is Nc1ccc2nc(NS(=O)(=O)c3cccs3)sc2c1. The first kappa shape index (κ1) is 12.4. The van der Waals surface area contributed by atoms with E-state index in [1.807, 2.05) is 0 Å². The summed E-state index contributed by atoms with van der Waals surface area (Å²) in [6, 6.07) is 8.52. The molecular formula is C11H9N3O2S3. The molecule has 5 nitrogen and oxygen atoms in total. The van der Waals surface area contributed by atoms with Crippen molar-refractivity contribution in [3.8, 4) is 0 Å². The van der Waals surface area contributed by atoms with Gasteiger partial charge < -0.3 is 5.73 Å². The summed E-state index contributed by atoms with van der Waals surface area (Å²) in [6.07, 6.45) is 0. The first-order valence-electron chi connectivity index (χ1n) is 5.27. The van der Waals surface area contributed by atoms with E-state index in [1.54, 1.807) is 35.7 Å². The molecule has 0 aliphatic rings. The molecule has 3 N–H and O–H groups in total. The molecule has 19 heavy (non-hydrogen) atoms. The van der Waals surface area contributed by atoms with Crippen LogP contribution >= 0.6 is 22.7 Å². The molecule has 0 fully saturated rings. The van der Waals surface area contributed by atoms with E-state index in [9.17, 15) is 8.42 Å². The van der Waals surface area contributed by atoms with Gasteiger partial charge in [0.25, 0.3) is 10.0 Å². The van der Waals surface area contributed by atoms with Crippen LogP contribution in [0, 0.1) is 0 Å². The third-order valence-electron chi connectivity index (χ3n) is 2.39. The first-order valence-corrected chi connectivity index (χ1v) is 8.45. The number of sulfonamides is 1. The zero-order chi connectivity index (χ0) is 13.5. The van der Waals surface area contributed by atoms with Gasteiger partial charge in [-0.1, -0.05) is 17.4 Å². The summed E-state index contributed by atoms with van der Waals surface area (Å²) in [5.74, 6) is 0. The van der Waals surface area contributed by atoms with E-state index in [2.05, 4.69) is 9.71 Å². The average molecular weight is 311 g/mol. The van der Waals surface area contributed by atoms with Gasteiger partial charge in [0.2, 0.25) is 0 Å². The fraction of sp³-hybridized carbons (Fsp3) is 0. The van der Waals surface area contributed by atoms with Crippen molar-refractivity contribution in [1.29, 1.82) is 0 Å². The summed E-state index contributed by atoms with van der Waals surface area (Å²) in [5, 5.41) is 2.06. The third kappa shape index (κ3) is 2.42. The van der Waals surface area contributed by atoms with Crippen molar-refractivity contribution in [2.75, 3.05) is 10.5 Å². The van der Waals surface area contributed by atoms with Crippen LogP contribution < -0.4 is 10.5 Å². The molecule has 3 rings (SSSR count). The number of nitrogen functional groups attached to an aromatic ring is 1. The van der Waals surface area contributed by atoms with Gasteiger partial charge in [0.05, 0.1) is 10.2 Å². The number of hydrogen-bond donors (Lipinski definition) is 2. The lowest BCUT2D eigenvalue weighted by molar-refractivity contribution is 0.603. The minimum Gasteiger partial charge on any atom is -0.399 e. The molecule has 2 heterocycles. The molecule has 0 amide bonds. The second-order valence-corrected chi connectivity index (χ2v) is 7.67. The van der Waals surface area contributed by atoms with Gasteiger partial charge >= 0.3 is 0 Å². The van der Waals surface area contributed by atoms with Crippen molar-refractivity contribution in [2.45, 2.75) is 4.21 Å². The van der Waals surface area contributed by atoms with Crippen molar-refractivity contribution in [1.82, 2.24) is 4.98 Å². The van der Waals surface area contributed by atoms with Crippen LogP contribution in [0.1, 0.15) is 0 Å². The fourth-order valence-corrected chi connectivity index (χ4v) is 4.71. The minimum absolute atomic E-state index is 0.270. The molecule has 0 bridgehead atoms. The van der Waals surface area contributed by atoms with Crippen molar-refractivity contribution in [2.24, 2.45) is 0 Å². The Bertz CT molecular complexity index is 822. The zero-order valence-electron chi connectivity index (χ0n) is 9.53. The van der Waals surface area contributed by atoms with E-state index in [4.69, 9.17) is 5.73 Å². The summed E-state index contributed by atoms with van der Waals surface area (Å²) in [7, 11) is -3.54. The molecule has 0 spiro atoms. The Morgan fingerprint density at radius 3 is 2.84 bits per heavy atom. The maximum atomic E-state index is 12.0. The Morgan fingerprint density at radius 1 is 1.26 bits per heavy atom. The monoisotopic (exact) mass is 311 g/mol. The number of benzene rings is 1. The maximum absolute atomic E-state index is 12.0. The van der Waals surface area contributed by atoms with E-state index in [1.165, 1.54) is 11.3 Å². The first-order chi connectivity index (χ1) is 9.04. The number of thiophene rings is 1. The number of aromatic nitrogens is 1. The summed E-state index contributed by atoms with van der Waals surface area (Å²) < 4.78 is 27.7. The Kier molecular flexibility index (Phi) is 2.92. The van der Waals surface area contributed by atoms with Gasteiger partial charge in [0.1, 0.15) is 4.21 Å². The second-order valence-electron chi connectivity index (χ2n) is 3.78. The molecule has 0 saturated carbocycles. The lowest BCUT2D eigenvalue weighted by atomic mass is 10.3. The van der Waals surface area contributed by atoms with E-state index in [-0.39, 0.29) is 4.21 Å². The third-order valence-corrected chi connectivity index (χ3v) is 6.19. The topological polar surface area (TPSA) is 85.1 Å². The lowest BCUT2D eigenvalue weighted by Gasteiger charge is -2.00. The molecule has 0 unspecified atom stereocenters. The summed E-state index contributed by atoms with van der Waals surface area (Å²) in [4.78, 5) is 4.23. The van der Waals surface area contributed by atoms with Crippen LogP contribution in [0.4, 0.5) is 10.8 Å². The van der Waals surface area contributed by atoms with Crippen LogP contribution in [-0.4, -0.2) is 13.4 Å². The van der Waals surface area contributed by atoms with Gasteiger partial charge in [-0.2, -0.15) is 0 Å². The molecule has 1 aromatic carbocycles. The van der Waals surface area contributed by atoms with Crippen LogP contribution in [0.3, 0.4) is 0 Å². The smallest absolute Gasteiger partial charge is 0.273 e. The zero-order valence-corrected chi connectivity index (χ0v) is 12.0. The maximum Gasteiger partial charge on any atom is 0.273 e. The number of nitrogens with two attached hydrogens (primary N) is 1. The van der Waals surface area contributed by atoms with Crippen LogP contribution in [0.2, 0.25) is 0 Å². The number of thiazole rings is 1. The van der Waals surface area contributed by atoms with E-state index in [0.717, 1.165) is 21.6 Å². The Labute approximate surface area is 117 Å². The minimum atomic E-state index is -3.54. The fourth-order valence-electron chi connectivity index (χ4n) is 1.57. The highest BCUT2D eigenvalue weighted by Gasteiger charge is 2.17. The molecule has 0 aliphatic heterocycles. The lowest BCUT2D eigenvalue weighted by Crippen LogP contribution is -2.10. The molecule has 3 aromatic rings. The van der Waals surface area contributed by atoms with Gasteiger partial charge in [-0.15, -0.1) is 11.3 Å². The molecule has 0 atom stereocenters. The van der Waals surface area contributed by atoms with Crippen LogP contribution in [0.5, 0.6) is 0 Å². The van der Waals surface area contributed by atoms with Crippen molar-refractivity contribution < 1.29 is 8.42 Å². The number of nitrogens with one attached hydrogen (secondary N) is 1. The highest BCUT2D eigenvalue weighted by atomic mass is 32.2. The molecular weight excluding hydrogens is 302 g/mol. The number of anilines is 2. The predicted octanol–water partition coefficient (Wildman–Crippen LogP) is 2.74. The number of fused-ring (bicyclic) bond motifs is 1. The van der Waals surface area contributed by atoms with Crippen LogP contribution in [-0.2, 0) is 10.0 Å². The summed E-state index contributed by atoms with van der Waals surface area (Å²) >= 11 is 2.42. The van der Waals surface area contributed by atoms with E-state index in [0.29, 0.717) is 10.8 Å². The number of nitrogens with zero attached hydrogens (tertiary/aromatic N) is 1. The largest absolute Gasteiger partial charge is 0.399 e. The van der Waals surface area contributed by atoms with Gasteiger partial charge in [0, 0.05) is 5.69 Å². The Hall–Kier alpha value is -1.64. The van der Waals surface area contributed by atoms with Gasteiger partial charge in [-0.25, -0.2) is 13.4 Å². The molecule has 8 heteroatoms. The molecule has 0 aliphatic carbocycles. The van der Waals surface area contributed by atoms with E-state index < -0.39 is 10.0 Å². The number of rotatable bonds is 3. The van der Waals surface area contributed by atoms with Crippen molar-refractivity contribution >= 4 is 53.7 Å². The van der Waals surface area contributed by atoms with Crippen molar-refractivity contribution in [3.63, 3.8) is 0 Å². The molecule has 98 valence electrons. The quantitative estimate of drug-likeness (QED) is 0.728. The standard InChI is InChI=1S/C11H9N3O2S3/c12-7-3-4-8-9(6-7)18-11(13-8)14-19(15,16)10-2-1-5-17-10/h1-6H,12H2,(H,13,14). The Morgan fingerprint density at radius 2 is 2.11 bits per heavy atom. The average Bonchev–Trinajstić information content (AvgIpc) is 2.95. The molecule has 0 radical (unpaired) electrons. The summed E-state index contributed by atoms with van der Waals surface area (Å²) in [6.45, 7) is 0. The highest BCUT2D eigenvalue weighted by molar-refractivity contribution is 7.94. The highest BCUT2D eigenvalue weighted by Crippen LogP contribution is 2.29. The normalized spacial score (nSPS) is 11.8. The number of hydrogen-bond acceptors (Lipinski definition) is 6. The van der Waals surface area contributed by atoms with E-state index >= 15 is 0 Å². The van der Waals surface area contributed by atoms with Gasteiger partial charge in [-0.3, -0.25) is 4.72 Å². The van der Waals surface area contributed by atoms with Crippen LogP contribution in [0.15, 0.2) is 39.9 Å². The van der Waals surface area contributed by atoms with Gasteiger partial charge in [-0.05, 0) is 29.6 Å². The van der Waals surface area contributed by atoms with Crippen LogP contribution in [0.25, 0.3) is 10.2 Å². The van der Waals surface area contributed by atoms with Crippen molar-refractivity contribution in [3.05, 3.63) is 35.7 Å².